The molecule has 0 saturated carbocycles. The second kappa shape index (κ2) is 7.20. The summed E-state index contributed by atoms with van der Waals surface area (Å²) >= 11 is 0. The first-order valence-corrected chi connectivity index (χ1v) is 8.91. The van der Waals surface area contributed by atoms with E-state index in [2.05, 4.69) is 19.9 Å². The molecule has 2 heterocycles. The van der Waals surface area contributed by atoms with E-state index in [0.717, 1.165) is 32.4 Å². The molecule has 0 radical (unpaired) electrons. The molecule has 0 aromatic carbocycles. The number of hydrogen-bond acceptors (Lipinski definition) is 5. The maximum absolute atomic E-state index is 12.6. The van der Waals surface area contributed by atoms with Crippen molar-refractivity contribution >= 4 is 15.8 Å². The van der Waals surface area contributed by atoms with Gasteiger partial charge in [-0.1, -0.05) is 6.92 Å². The monoisotopic (exact) mass is 312 g/mol. The van der Waals surface area contributed by atoms with Crippen LogP contribution in [-0.4, -0.2) is 51.0 Å². The summed E-state index contributed by atoms with van der Waals surface area (Å²) in [5, 5.41) is 3.07. The van der Waals surface area contributed by atoms with Gasteiger partial charge in [-0.2, -0.15) is 0 Å². The molecule has 0 bridgehead atoms. The molecule has 2 rings (SSSR count). The molecule has 0 aliphatic carbocycles. The topological polar surface area (TPSA) is 74.3 Å². The van der Waals surface area contributed by atoms with E-state index in [1.54, 1.807) is 18.3 Å². The van der Waals surface area contributed by atoms with Crippen molar-refractivity contribution in [3.63, 3.8) is 0 Å². The zero-order valence-corrected chi connectivity index (χ0v) is 13.5. The van der Waals surface area contributed by atoms with Gasteiger partial charge in [0.25, 0.3) is 0 Å². The molecule has 118 valence electrons. The van der Waals surface area contributed by atoms with E-state index < -0.39 is 10.0 Å². The summed E-state index contributed by atoms with van der Waals surface area (Å²) in [7, 11) is -1.53. The summed E-state index contributed by atoms with van der Waals surface area (Å²) in [5.41, 5.74) is 0. The van der Waals surface area contributed by atoms with Gasteiger partial charge in [-0.05, 0) is 45.0 Å². The lowest BCUT2D eigenvalue weighted by molar-refractivity contribution is 0.242. The standard InChI is InChI=1S/C14H24N4O2S/c1-3-8-15-14-13(7-4-9-16-14)21(19,20)17-12-6-5-10-18(2)11-12/h4,7,9,12,17H,3,5-6,8,10-11H2,1-2H3,(H,15,16). The third-order valence-electron chi connectivity index (χ3n) is 3.55. The summed E-state index contributed by atoms with van der Waals surface area (Å²) in [6.45, 7) is 4.50. The van der Waals surface area contributed by atoms with Gasteiger partial charge in [0.05, 0.1) is 0 Å². The maximum Gasteiger partial charge on any atom is 0.244 e. The van der Waals surface area contributed by atoms with Crippen LogP contribution >= 0.6 is 0 Å². The molecule has 2 N–H and O–H groups in total. The Morgan fingerprint density at radius 2 is 2.29 bits per heavy atom. The Kier molecular flexibility index (Phi) is 5.55. The van der Waals surface area contributed by atoms with Crippen LogP contribution < -0.4 is 10.0 Å². The molecule has 6 nitrogen and oxygen atoms in total. The minimum Gasteiger partial charge on any atom is -0.369 e. The average Bonchev–Trinajstić information content (AvgIpc) is 2.45. The third-order valence-corrected chi connectivity index (χ3v) is 5.10. The Bertz CT molecular complexity index is 562. The summed E-state index contributed by atoms with van der Waals surface area (Å²) in [6.07, 6.45) is 4.40. The number of likely N-dealkylation sites (N-methyl/N-ethyl adjacent to an activating group) is 1. The predicted molar refractivity (Wildman–Crippen MR) is 83.9 cm³/mol. The number of aromatic nitrogens is 1. The summed E-state index contributed by atoms with van der Waals surface area (Å²) in [4.78, 5) is 6.53. The molecule has 0 spiro atoms. The van der Waals surface area contributed by atoms with Gasteiger partial charge in [0.15, 0.2) is 0 Å². The van der Waals surface area contributed by atoms with Crippen molar-refractivity contribution in [2.24, 2.45) is 0 Å². The van der Waals surface area contributed by atoms with Crippen molar-refractivity contribution in [1.82, 2.24) is 14.6 Å². The fourth-order valence-corrected chi connectivity index (χ4v) is 3.92. The molecule has 1 aromatic heterocycles. The van der Waals surface area contributed by atoms with E-state index in [1.165, 1.54) is 0 Å². The number of anilines is 1. The van der Waals surface area contributed by atoms with Gasteiger partial charge in [0.2, 0.25) is 10.0 Å². The quantitative estimate of drug-likeness (QED) is 0.827. The Labute approximate surface area is 127 Å². The van der Waals surface area contributed by atoms with Crippen molar-refractivity contribution in [3.8, 4) is 0 Å². The number of rotatable bonds is 6. The predicted octanol–water partition coefficient (Wildman–Crippen LogP) is 1.28. The lowest BCUT2D eigenvalue weighted by atomic mass is 10.1. The molecule has 1 fully saturated rings. The van der Waals surface area contributed by atoms with Gasteiger partial charge >= 0.3 is 0 Å². The summed E-state index contributed by atoms with van der Waals surface area (Å²) in [6, 6.07) is 3.21. The molecule has 1 aromatic rings. The Balaban J connectivity index is 2.15. The number of hydrogen-bond donors (Lipinski definition) is 2. The zero-order chi connectivity index (χ0) is 15.3. The number of sulfonamides is 1. The van der Waals surface area contributed by atoms with Gasteiger partial charge in [-0.25, -0.2) is 18.1 Å². The number of nitrogens with zero attached hydrogens (tertiary/aromatic N) is 2. The van der Waals surface area contributed by atoms with E-state index in [-0.39, 0.29) is 10.9 Å². The first kappa shape index (κ1) is 16.2. The largest absolute Gasteiger partial charge is 0.369 e. The van der Waals surface area contributed by atoms with Crippen LogP contribution in [0.2, 0.25) is 0 Å². The van der Waals surface area contributed by atoms with Gasteiger partial charge < -0.3 is 10.2 Å². The van der Waals surface area contributed by atoms with Gasteiger partial charge in [0.1, 0.15) is 10.7 Å². The van der Waals surface area contributed by atoms with Gasteiger partial charge in [-0.3, -0.25) is 0 Å². The zero-order valence-electron chi connectivity index (χ0n) is 12.7. The van der Waals surface area contributed by atoms with Crippen LogP contribution in [0.5, 0.6) is 0 Å². The highest BCUT2D eigenvalue weighted by Crippen LogP contribution is 2.19. The average molecular weight is 312 g/mol. The van der Waals surface area contributed by atoms with Crippen LogP contribution in [0.3, 0.4) is 0 Å². The highest BCUT2D eigenvalue weighted by atomic mass is 32.2. The van der Waals surface area contributed by atoms with E-state index in [0.29, 0.717) is 12.4 Å². The lowest BCUT2D eigenvalue weighted by Crippen LogP contribution is -2.46. The Morgan fingerprint density at radius 1 is 1.48 bits per heavy atom. The Morgan fingerprint density at radius 3 is 3.00 bits per heavy atom. The fourth-order valence-electron chi connectivity index (χ4n) is 2.53. The van der Waals surface area contributed by atoms with Crippen LogP contribution in [0.1, 0.15) is 26.2 Å². The Hall–Kier alpha value is -1.18. The van der Waals surface area contributed by atoms with E-state index in [1.807, 2.05) is 14.0 Å². The summed E-state index contributed by atoms with van der Waals surface area (Å²) in [5.74, 6) is 0.427. The molecular formula is C14H24N4O2S. The third kappa shape index (κ3) is 4.39. The first-order valence-electron chi connectivity index (χ1n) is 7.42. The second-order valence-electron chi connectivity index (χ2n) is 5.50. The van der Waals surface area contributed by atoms with E-state index in [9.17, 15) is 8.42 Å². The molecular weight excluding hydrogens is 288 g/mol. The fraction of sp³-hybridized carbons (Fsp3) is 0.643. The first-order chi connectivity index (χ1) is 10.0. The van der Waals surface area contributed by atoms with Gasteiger partial charge in [-0.15, -0.1) is 0 Å². The SMILES string of the molecule is CCCNc1ncccc1S(=O)(=O)NC1CCCN(C)C1. The lowest BCUT2D eigenvalue weighted by Gasteiger charge is -2.30. The van der Waals surface area contributed by atoms with Crippen LogP contribution in [0.15, 0.2) is 23.2 Å². The molecule has 21 heavy (non-hydrogen) atoms. The van der Waals surface area contributed by atoms with Crippen LogP contribution in [0.25, 0.3) is 0 Å². The van der Waals surface area contributed by atoms with Crippen molar-refractivity contribution in [2.45, 2.75) is 37.1 Å². The molecule has 1 aliphatic heterocycles. The van der Waals surface area contributed by atoms with Crippen molar-refractivity contribution in [2.75, 3.05) is 32.0 Å². The van der Waals surface area contributed by atoms with E-state index in [4.69, 9.17) is 0 Å². The number of pyridine rings is 1. The number of likely N-dealkylation sites (tertiary alicyclic amines) is 1. The van der Waals surface area contributed by atoms with Crippen LogP contribution in [0, 0.1) is 0 Å². The second-order valence-corrected chi connectivity index (χ2v) is 7.18. The summed E-state index contributed by atoms with van der Waals surface area (Å²) < 4.78 is 28.0. The number of piperidine rings is 1. The minimum absolute atomic E-state index is 0.0343. The minimum atomic E-state index is -3.55. The molecule has 1 unspecified atom stereocenters. The molecule has 7 heteroatoms. The van der Waals surface area contributed by atoms with E-state index >= 15 is 0 Å². The molecule has 1 saturated heterocycles. The highest BCUT2D eigenvalue weighted by molar-refractivity contribution is 7.89. The smallest absolute Gasteiger partial charge is 0.244 e. The normalized spacial score (nSPS) is 20.4. The molecule has 1 aliphatic rings. The molecule has 1 atom stereocenters. The maximum atomic E-state index is 12.6. The highest BCUT2D eigenvalue weighted by Gasteiger charge is 2.25. The van der Waals surface area contributed by atoms with Crippen molar-refractivity contribution < 1.29 is 8.42 Å². The van der Waals surface area contributed by atoms with Gasteiger partial charge in [0, 0.05) is 25.3 Å². The van der Waals surface area contributed by atoms with Crippen LogP contribution in [0.4, 0.5) is 5.82 Å². The van der Waals surface area contributed by atoms with Crippen molar-refractivity contribution in [1.29, 1.82) is 0 Å². The molecule has 0 amide bonds. The van der Waals surface area contributed by atoms with Crippen LogP contribution in [-0.2, 0) is 10.0 Å². The number of nitrogens with one attached hydrogen (secondary N) is 2. The van der Waals surface area contributed by atoms with Crippen molar-refractivity contribution in [3.05, 3.63) is 18.3 Å².